The Morgan fingerprint density at radius 1 is 1.14 bits per heavy atom. The van der Waals surface area contributed by atoms with Crippen molar-refractivity contribution in [2.75, 3.05) is 11.9 Å². The highest BCUT2D eigenvalue weighted by Gasteiger charge is 2.20. The van der Waals surface area contributed by atoms with Crippen LogP contribution in [0.5, 0.6) is 0 Å². The number of hydrogen-bond acceptors (Lipinski definition) is 6. The summed E-state index contributed by atoms with van der Waals surface area (Å²) in [6.45, 7) is 13.6. The first kappa shape index (κ1) is 26.2. The molecule has 28 heavy (non-hydrogen) atoms. The second kappa shape index (κ2) is 15.2. The normalized spacial score (nSPS) is 13.2. The monoisotopic (exact) mass is 395 g/mol. The Balaban J connectivity index is 0.00000165. The maximum atomic E-state index is 9.00. The van der Waals surface area contributed by atoms with Crippen molar-refractivity contribution in [1.82, 2.24) is 20.3 Å². The molecule has 1 rings (SSSR count). The number of carboxylic acids is 1. The smallest absolute Gasteiger partial charge is 0.300 e. The second-order valence-electron chi connectivity index (χ2n) is 8.16. The van der Waals surface area contributed by atoms with E-state index in [1.54, 1.807) is 12.7 Å². The van der Waals surface area contributed by atoms with Crippen LogP contribution in [0.15, 0.2) is 12.7 Å². The molecule has 7 heteroatoms. The third-order valence-electron chi connectivity index (χ3n) is 4.68. The lowest BCUT2D eigenvalue weighted by Gasteiger charge is -2.28. The summed E-state index contributed by atoms with van der Waals surface area (Å²) < 4.78 is 0. The number of rotatable bonds is 13. The zero-order chi connectivity index (χ0) is 21.4. The van der Waals surface area contributed by atoms with E-state index in [4.69, 9.17) is 9.90 Å². The first-order valence-corrected chi connectivity index (χ1v) is 10.5. The van der Waals surface area contributed by atoms with Gasteiger partial charge in [-0.05, 0) is 51.0 Å². The molecular formula is C21H41N5O2. The average Bonchev–Trinajstić information content (AvgIpc) is 2.60. The summed E-state index contributed by atoms with van der Waals surface area (Å²) in [4.78, 5) is 21.3. The number of aromatic nitrogens is 3. The van der Waals surface area contributed by atoms with Gasteiger partial charge in [-0.3, -0.25) is 4.79 Å². The first-order chi connectivity index (χ1) is 13.2. The van der Waals surface area contributed by atoms with Crippen molar-refractivity contribution in [2.24, 2.45) is 5.41 Å². The van der Waals surface area contributed by atoms with E-state index in [-0.39, 0.29) is 0 Å². The molecule has 0 bridgehead atoms. The summed E-state index contributed by atoms with van der Waals surface area (Å²) in [5, 5.41) is 14.4. The molecule has 0 fully saturated rings. The summed E-state index contributed by atoms with van der Waals surface area (Å²) >= 11 is 0. The van der Waals surface area contributed by atoms with Crippen molar-refractivity contribution < 1.29 is 9.90 Å². The van der Waals surface area contributed by atoms with Crippen molar-refractivity contribution >= 4 is 11.9 Å². The van der Waals surface area contributed by atoms with Gasteiger partial charge in [0.15, 0.2) is 0 Å². The highest BCUT2D eigenvalue weighted by atomic mass is 16.4. The SMILES string of the molecule is CC(=O)O.CCCC(CCC(C)(C)CCCC(C)NCC)Nc1ncncn1. The molecule has 1 aromatic heterocycles. The fourth-order valence-electron chi connectivity index (χ4n) is 3.16. The van der Waals surface area contributed by atoms with Gasteiger partial charge >= 0.3 is 0 Å². The maximum Gasteiger partial charge on any atom is 0.300 e. The predicted molar refractivity (Wildman–Crippen MR) is 115 cm³/mol. The van der Waals surface area contributed by atoms with Crippen LogP contribution in [0, 0.1) is 5.41 Å². The van der Waals surface area contributed by atoms with Crippen LogP contribution < -0.4 is 10.6 Å². The molecule has 2 atom stereocenters. The standard InChI is InChI=1S/C19H37N5.C2H4O2/c1-6-9-17(24-18-22-14-20-15-23-18)11-13-19(4,5)12-8-10-16(3)21-7-2;1-2(3)4/h14-17,21H,6-13H2,1-5H3,(H,20,22,23,24);1H3,(H,3,4). The van der Waals surface area contributed by atoms with Crippen molar-refractivity contribution in [3.63, 3.8) is 0 Å². The minimum atomic E-state index is -0.833. The molecule has 0 amide bonds. The van der Waals surface area contributed by atoms with E-state index in [1.807, 2.05) is 0 Å². The fraction of sp³-hybridized carbons (Fsp3) is 0.810. The Hall–Kier alpha value is -1.76. The van der Waals surface area contributed by atoms with E-state index in [0.717, 1.165) is 26.3 Å². The molecule has 2 unspecified atom stereocenters. The Morgan fingerprint density at radius 3 is 2.29 bits per heavy atom. The molecule has 1 aromatic rings. The lowest BCUT2D eigenvalue weighted by atomic mass is 9.81. The van der Waals surface area contributed by atoms with Crippen LogP contribution in [0.3, 0.4) is 0 Å². The minimum Gasteiger partial charge on any atom is -0.481 e. The van der Waals surface area contributed by atoms with Crippen molar-refractivity contribution in [1.29, 1.82) is 0 Å². The maximum absolute atomic E-state index is 9.00. The number of nitrogens with one attached hydrogen (secondary N) is 2. The zero-order valence-corrected chi connectivity index (χ0v) is 18.7. The van der Waals surface area contributed by atoms with Gasteiger partial charge in [-0.15, -0.1) is 0 Å². The van der Waals surface area contributed by atoms with Crippen LogP contribution in [-0.4, -0.2) is 44.7 Å². The quantitative estimate of drug-likeness (QED) is 0.451. The fourth-order valence-corrected chi connectivity index (χ4v) is 3.16. The summed E-state index contributed by atoms with van der Waals surface area (Å²) in [5.74, 6) is -0.138. The molecule has 0 aliphatic heterocycles. The largest absolute Gasteiger partial charge is 0.481 e. The number of anilines is 1. The molecule has 7 nitrogen and oxygen atoms in total. The van der Waals surface area contributed by atoms with E-state index < -0.39 is 5.97 Å². The average molecular weight is 396 g/mol. The third kappa shape index (κ3) is 15.3. The molecule has 0 radical (unpaired) electrons. The zero-order valence-electron chi connectivity index (χ0n) is 18.7. The van der Waals surface area contributed by atoms with Crippen LogP contribution in [-0.2, 0) is 4.79 Å². The number of carboxylic acid groups (broad SMARTS) is 1. The van der Waals surface area contributed by atoms with Gasteiger partial charge in [0.25, 0.3) is 5.97 Å². The van der Waals surface area contributed by atoms with Gasteiger partial charge in [0.05, 0.1) is 0 Å². The summed E-state index contributed by atoms with van der Waals surface area (Å²) in [6, 6.07) is 1.07. The predicted octanol–water partition coefficient (Wildman–Crippen LogP) is 4.52. The van der Waals surface area contributed by atoms with Gasteiger partial charge in [-0.25, -0.2) is 15.0 Å². The summed E-state index contributed by atoms with van der Waals surface area (Å²) in [5.41, 5.74) is 0.388. The van der Waals surface area contributed by atoms with E-state index in [1.165, 1.54) is 32.1 Å². The van der Waals surface area contributed by atoms with Gasteiger partial charge in [0, 0.05) is 19.0 Å². The van der Waals surface area contributed by atoms with E-state index in [2.05, 4.69) is 60.2 Å². The van der Waals surface area contributed by atoms with E-state index >= 15 is 0 Å². The molecule has 3 N–H and O–H groups in total. The summed E-state index contributed by atoms with van der Waals surface area (Å²) in [6.07, 6.45) is 11.7. The van der Waals surface area contributed by atoms with Crippen LogP contribution in [0.4, 0.5) is 5.95 Å². The molecule has 0 saturated heterocycles. The highest BCUT2D eigenvalue weighted by Crippen LogP contribution is 2.30. The molecule has 0 spiro atoms. The molecule has 0 saturated carbocycles. The summed E-state index contributed by atoms with van der Waals surface area (Å²) in [7, 11) is 0. The number of aliphatic carboxylic acids is 1. The van der Waals surface area contributed by atoms with Gasteiger partial charge in [-0.1, -0.05) is 40.5 Å². The Labute approximate surface area is 171 Å². The molecule has 162 valence electrons. The van der Waals surface area contributed by atoms with E-state index in [9.17, 15) is 0 Å². The van der Waals surface area contributed by atoms with Crippen LogP contribution in [0.1, 0.15) is 86.5 Å². The Bertz CT molecular complexity index is 507. The Kier molecular flexibility index (Phi) is 14.2. The minimum absolute atomic E-state index is 0.388. The van der Waals surface area contributed by atoms with Crippen LogP contribution in [0.25, 0.3) is 0 Å². The van der Waals surface area contributed by atoms with Gasteiger partial charge < -0.3 is 15.7 Å². The Morgan fingerprint density at radius 2 is 1.75 bits per heavy atom. The first-order valence-electron chi connectivity index (χ1n) is 10.5. The number of hydrogen-bond donors (Lipinski definition) is 3. The number of nitrogens with zero attached hydrogens (tertiary/aromatic N) is 3. The second-order valence-corrected chi connectivity index (χ2v) is 8.16. The lowest BCUT2D eigenvalue weighted by molar-refractivity contribution is -0.134. The van der Waals surface area contributed by atoms with Gasteiger partial charge in [0.2, 0.25) is 5.95 Å². The van der Waals surface area contributed by atoms with Crippen LogP contribution in [0.2, 0.25) is 0 Å². The molecule has 1 heterocycles. The third-order valence-corrected chi connectivity index (χ3v) is 4.68. The molecule has 0 aliphatic carbocycles. The van der Waals surface area contributed by atoms with Crippen molar-refractivity contribution in [2.45, 2.75) is 98.6 Å². The van der Waals surface area contributed by atoms with Gasteiger partial charge in [-0.2, -0.15) is 0 Å². The van der Waals surface area contributed by atoms with E-state index in [0.29, 0.717) is 23.4 Å². The molecule has 0 aliphatic rings. The lowest BCUT2D eigenvalue weighted by Crippen LogP contribution is -2.26. The molecular weight excluding hydrogens is 354 g/mol. The van der Waals surface area contributed by atoms with Crippen LogP contribution >= 0.6 is 0 Å². The highest BCUT2D eigenvalue weighted by molar-refractivity contribution is 5.62. The van der Waals surface area contributed by atoms with Crippen molar-refractivity contribution in [3.8, 4) is 0 Å². The molecule has 0 aromatic carbocycles. The number of carbonyl (C=O) groups is 1. The van der Waals surface area contributed by atoms with Crippen molar-refractivity contribution in [3.05, 3.63) is 12.7 Å². The topological polar surface area (TPSA) is 100 Å². The van der Waals surface area contributed by atoms with Gasteiger partial charge in [0.1, 0.15) is 12.7 Å².